The summed E-state index contributed by atoms with van der Waals surface area (Å²) in [6, 6.07) is 0. The molecule has 0 aromatic heterocycles. The average molecular weight is 187 g/mol. The van der Waals surface area contributed by atoms with Crippen LogP contribution in [0.25, 0.3) is 0 Å². The van der Waals surface area contributed by atoms with E-state index in [4.69, 9.17) is 5.73 Å². The fraction of sp³-hybridized carbons (Fsp3) is 0.889. The number of hydrogen-bond donors (Lipinski definition) is 2. The summed E-state index contributed by atoms with van der Waals surface area (Å²) in [5, 5.41) is 2.75. The van der Waals surface area contributed by atoms with Crippen molar-refractivity contribution in [2.45, 2.75) is 20.3 Å². The summed E-state index contributed by atoms with van der Waals surface area (Å²) >= 11 is 0. The van der Waals surface area contributed by atoms with Crippen molar-refractivity contribution in [2.24, 2.45) is 5.73 Å². The van der Waals surface area contributed by atoms with Gasteiger partial charge in [0, 0.05) is 6.54 Å². The lowest BCUT2D eigenvalue weighted by atomic mass is 10.3. The van der Waals surface area contributed by atoms with Gasteiger partial charge in [-0.2, -0.15) is 0 Å². The number of amides is 1. The van der Waals surface area contributed by atoms with Gasteiger partial charge in [0.25, 0.3) is 0 Å². The number of hydrogen-bond acceptors (Lipinski definition) is 3. The second-order valence-electron chi connectivity index (χ2n) is 2.93. The molecule has 0 rings (SSSR count). The largest absolute Gasteiger partial charge is 0.355 e. The van der Waals surface area contributed by atoms with Gasteiger partial charge in [-0.05, 0) is 26.1 Å². The highest BCUT2D eigenvalue weighted by molar-refractivity contribution is 5.77. The van der Waals surface area contributed by atoms with Crippen LogP contribution in [-0.2, 0) is 4.79 Å². The summed E-state index contributed by atoms with van der Waals surface area (Å²) in [5.74, 6) is -0.0699. The molecule has 4 heteroatoms. The van der Waals surface area contributed by atoms with Crippen molar-refractivity contribution in [3.8, 4) is 0 Å². The smallest absolute Gasteiger partial charge is 0.233 e. The predicted molar refractivity (Wildman–Crippen MR) is 54.5 cm³/mol. The van der Waals surface area contributed by atoms with E-state index in [2.05, 4.69) is 24.1 Å². The van der Waals surface area contributed by atoms with E-state index >= 15 is 0 Å². The van der Waals surface area contributed by atoms with E-state index < -0.39 is 0 Å². The summed E-state index contributed by atoms with van der Waals surface area (Å²) in [4.78, 5) is 13.1. The van der Waals surface area contributed by atoms with Crippen molar-refractivity contribution in [3.05, 3.63) is 0 Å². The molecule has 0 saturated carbocycles. The summed E-state index contributed by atoms with van der Waals surface area (Å²) < 4.78 is 0. The molecule has 0 atom stereocenters. The molecule has 0 heterocycles. The monoisotopic (exact) mass is 187 g/mol. The van der Waals surface area contributed by atoms with Gasteiger partial charge in [-0.3, -0.25) is 4.79 Å². The third kappa shape index (κ3) is 6.54. The third-order valence-electron chi connectivity index (χ3n) is 2.05. The zero-order chi connectivity index (χ0) is 10.1. The number of rotatable bonds is 7. The standard InChI is InChI=1S/C9H21N3O/c1-3-12(4-2)7-5-6-11-9(13)8-10/h3-8,10H2,1-2H3,(H,11,13). The number of carbonyl (C=O) groups excluding carboxylic acids is 1. The Morgan fingerprint density at radius 1 is 1.38 bits per heavy atom. The molecule has 1 amide bonds. The van der Waals surface area contributed by atoms with Crippen molar-refractivity contribution in [3.63, 3.8) is 0 Å². The second-order valence-corrected chi connectivity index (χ2v) is 2.93. The molecule has 0 aliphatic carbocycles. The lowest BCUT2D eigenvalue weighted by Gasteiger charge is -2.17. The van der Waals surface area contributed by atoms with E-state index in [-0.39, 0.29) is 12.5 Å². The molecule has 0 aromatic carbocycles. The highest BCUT2D eigenvalue weighted by Crippen LogP contribution is 1.88. The minimum Gasteiger partial charge on any atom is -0.355 e. The summed E-state index contributed by atoms with van der Waals surface area (Å²) in [5.41, 5.74) is 5.14. The van der Waals surface area contributed by atoms with Crippen molar-refractivity contribution in [2.75, 3.05) is 32.7 Å². The van der Waals surface area contributed by atoms with Gasteiger partial charge in [-0.1, -0.05) is 13.8 Å². The SMILES string of the molecule is CCN(CC)CCCNC(=O)CN. The zero-order valence-electron chi connectivity index (χ0n) is 8.68. The topological polar surface area (TPSA) is 58.4 Å². The normalized spacial score (nSPS) is 10.5. The van der Waals surface area contributed by atoms with Gasteiger partial charge in [0.15, 0.2) is 0 Å². The van der Waals surface area contributed by atoms with Crippen LogP contribution in [0.5, 0.6) is 0 Å². The first-order valence-corrected chi connectivity index (χ1v) is 4.93. The van der Waals surface area contributed by atoms with Gasteiger partial charge >= 0.3 is 0 Å². The Kier molecular flexibility index (Phi) is 7.63. The van der Waals surface area contributed by atoms with Crippen LogP contribution < -0.4 is 11.1 Å². The third-order valence-corrected chi connectivity index (χ3v) is 2.05. The van der Waals surface area contributed by atoms with Crippen LogP contribution in [0.1, 0.15) is 20.3 Å². The summed E-state index contributed by atoms with van der Waals surface area (Å²) in [6.45, 7) is 8.28. The fourth-order valence-electron chi connectivity index (χ4n) is 1.14. The van der Waals surface area contributed by atoms with Gasteiger partial charge in [-0.25, -0.2) is 0 Å². The molecule has 0 saturated heterocycles. The van der Waals surface area contributed by atoms with Gasteiger partial charge in [0.1, 0.15) is 0 Å². The highest BCUT2D eigenvalue weighted by atomic mass is 16.1. The minimum absolute atomic E-state index is 0.0699. The quantitative estimate of drug-likeness (QED) is 0.542. The molecule has 0 aliphatic heterocycles. The number of nitrogens with zero attached hydrogens (tertiary/aromatic N) is 1. The fourth-order valence-corrected chi connectivity index (χ4v) is 1.14. The van der Waals surface area contributed by atoms with Crippen LogP contribution in [0.4, 0.5) is 0 Å². The first-order chi connectivity index (χ1) is 6.24. The van der Waals surface area contributed by atoms with Crippen LogP contribution in [0, 0.1) is 0 Å². The van der Waals surface area contributed by atoms with E-state index in [9.17, 15) is 4.79 Å². The first kappa shape index (κ1) is 12.4. The van der Waals surface area contributed by atoms with Gasteiger partial charge in [-0.15, -0.1) is 0 Å². The minimum atomic E-state index is -0.0699. The van der Waals surface area contributed by atoms with E-state index in [1.807, 2.05) is 0 Å². The maximum absolute atomic E-state index is 10.7. The molecule has 0 aliphatic rings. The molecule has 78 valence electrons. The number of nitrogens with one attached hydrogen (secondary N) is 1. The van der Waals surface area contributed by atoms with E-state index in [0.29, 0.717) is 0 Å². The molecular formula is C9H21N3O. The molecule has 0 fully saturated rings. The van der Waals surface area contributed by atoms with Gasteiger partial charge in [0.05, 0.1) is 6.54 Å². The predicted octanol–water partition coefficient (Wildman–Crippen LogP) is -0.207. The molecule has 0 aromatic rings. The first-order valence-electron chi connectivity index (χ1n) is 4.93. The molecule has 0 spiro atoms. The molecule has 0 unspecified atom stereocenters. The Balaban J connectivity index is 3.28. The van der Waals surface area contributed by atoms with Gasteiger partial charge < -0.3 is 16.0 Å². The summed E-state index contributed by atoms with van der Waals surface area (Å²) in [6.07, 6.45) is 0.993. The van der Waals surface area contributed by atoms with Gasteiger partial charge in [0.2, 0.25) is 5.91 Å². The lowest BCUT2D eigenvalue weighted by molar-refractivity contribution is -0.119. The number of nitrogens with two attached hydrogens (primary N) is 1. The van der Waals surface area contributed by atoms with Crippen LogP contribution in [0.3, 0.4) is 0 Å². The van der Waals surface area contributed by atoms with E-state index in [1.54, 1.807) is 0 Å². The lowest BCUT2D eigenvalue weighted by Crippen LogP contribution is -2.33. The molecular weight excluding hydrogens is 166 g/mol. The average Bonchev–Trinajstić information content (AvgIpc) is 2.18. The molecule has 0 radical (unpaired) electrons. The Morgan fingerprint density at radius 3 is 2.46 bits per heavy atom. The van der Waals surface area contributed by atoms with Crippen LogP contribution in [0.2, 0.25) is 0 Å². The molecule has 4 nitrogen and oxygen atoms in total. The highest BCUT2D eigenvalue weighted by Gasteiger charge is 1.99. The second kappa shape index (κ2) is 8.01. The Hall–Kier alpha value is -0.610. The Bertz CT molecular complexity index is 135. The maximum Gasteiger partial charge on any atom is 0.233 e. The maximum atomic E-state index is 10.7. The van der Waals surface area contributed by atoms with Crippen molar-refractivity contribution < 1.29 is 4.79 Å². The molecule has 3 N–H and O–H groups in total. The Labute approximate surface area is 80.5 Å². The zero-order valence-corrected chi connectivity index (χ0v) is 8.68. The number of carbonyl (C=O) groups is 1. The van der Waals surface area contributed by atoms with Crippen LogP contribution in [0.15, 0.2) is 0 Å². The van der Waals surface area contributed by atoms with Crippen LogP contribution in [-0.4, -0.2) is 43.5 Å². The molecule has 13 heavy (non-hydrogen) atoms. The molecule has 0 bridgehead atoms. The van der Waals surface area contributed by atoms with Crippen molar-refractivity contribution >= 4 is 5.91 Å². The van der Waals surface area contributed by atoms with E-state index in [1.165, 1.54) is 0 Å². The van der Waals surface area contributed by atoms with E-state index in [0.717, 1.165) is 32.6 Å². The Morgan fingerprint density at radius 2 is 2.00 bits per heavy atom. The van der Waals surface area contributed by atoms with Crippen LogP contribution >= 0.6 is 0 Å². The summed E-state index contributed by atoms with van der Waals surface area (Å²) in [7, 11) is 0. The van der Waals surface area contributed by atoms with Crippen molar-refractivity contribution in [1.29, 1.82) is 0 Å². The van der Waals surface area contributed by atoms with Crippen molar-refractivity contribution in [1.82, 2.24) is 10.2 Å².